The average molecular weight is 294 g/mol. The molecule has 0 bridgehead atoms. The number of likely N-dealkylation sites (N-methyl/N-ethyl adjacent to an activating group) is 1. The second-order valence-electron chi connectivity index (χ2n) is 5.38. The van der Waals surface area contributed by atoms with E-state index in [1.165, 1.54) is 16.8 Å². The molecule has 0 aromatic heterocycles. The van der Waals surface area contributed by atoms with Crippen molar-refractivity contribution in [3.63, 3.8) is 0 Å². The molecule has 4 nitrogen and oxygen atoms in total. The van der Waals surface area contributed by atoms with Crippen molar-refractivity contribution in [2.45, 2.75) is 33.4 Å². The summed E-state index contributed by atoms with van der Waals surface area (Å²) in [5.74, 6) is 0. The number of nitrogens with zero attached hydrogens (tertiary/aromatic N) is 1. The van der Waals surface area contributed by atoms with Crippen LogP contribution in [0.25, 0.3) is 0 Å². The lowest BCUT2D eigenvalue weighted by Crippen LogP contribution is -2.36. The van der Waals surface area contributed by atoms with Crippen LogP contribution in [0, 0.1) is 6.92 Å². The van der Waals surface area contributed by atoms with E-state index in [0.717, 1.165) is 32.8 Å². The average Bonchev–Trinajstić information content (AvgIpc) is 2.47. The molecule has 1 aromatic rings. The van der Waals surface area contributed by atoms with E-state index in [2.05, 4.69) is 49.2 Å². The van der Waals surface area contributed by atoms with Crippen molar-refractivity contribution in [1.29, 1.82) is 0 Å². The minimum Gasteiger partial charge on any atom is -0.383 e. The molecule has 21 heavy (non-hydrogen) atoms. The van der Waals surface area contributed by atoms with Gasteiger partial charge in [0.05, 0.1) is 13.2 Å². The van der Waals surface area contributed by atoms with Gasteiger partial charge in [-0.3, -0.25) is 0 Å². The Morgan fingerprint density at radius 1 is 1.24 bits per heavy atom. The van der Waals surface area contributed by atoms with Crippen molar-refractivity contribution in [1.82, 2.24) is 5.32 Å². The Kier molecular flexibility index (Phi) is 8.35. The minimum atomic E-state index is 0.379. The first-order chi connectivity index (χ1) is 10.1. The van der Waals surface area contributed by atoms with Crippen molar-refractivity contribution >= 4 is 5.69 Å². The van der Waals surface area contributed by atoms with Crippen molar-refractivity contribution in [2.75, 3.05) is 45.4 Å². The largest absolute Gasteiger partial charge is 0.383 e. The summed E-state index contributed by atoms with van der Waals surface area (Å²) in [6, 6.07) is 7.06. The molecule has 1 rings (SSSR count). The van der Waals surface area contributed by atoms with Gasteiger partial charge in [-0.25, -0.2) is 0 Å². The second kappa shape index (κ2) is 9.77. The quantitative estimate of drug-likeness (QED) is 0.673. The van der Waals surface area contributed by atoms with Gasteiger partial charge in [-0.15, -0.1) is 0 Å². The van der Waals surface area contributed by atoms with E-state index in [0.29, 0.717) is 6.04 Å². The number of hydrogen-bond donors (Lipinski definition) is 1. The molecule has 0 spiro atoms. The third kappa shape index (κ3) is 5.65. The van der Waals surface area contributed by atoms with Crippen LogP contribution in [-0.2, 0) is 16.0 Å². The molecule has 120 valence electrons. The molecule has 0 heterocycles. The fourth-order valence-corrected chi connectivity index (χ4v) is 2.61. The lowest BCUT2D eigenvalue weighted by molar-refractivity contribution is 0.182. The summed E-state index contributed by atoms with van der Waals surface area (Å²) in [6.45, 7) is 10.8. The van der Waals surface area contributed by atoms with Crippen LogP contribution in [0.1, 0.15) is 25.0 Å². The zero-order chi connectivity index (χ0) is 15.7. The number of nitrogens with one attached hydrogen (secondary N) is 1. The Hall–Kier alpha value is -1.10. The van der Waals surface area contributed by atoms with E-state index in [1.54, 1.807) is 14.2 Å². The lowest BCUT2D eigenvalue weighted by atomic mass is 10.1. The minimum absolute atomic E-state index is 0.379. The van der Waals surface area contributed by atoms with E-state index in [1.807, 2.05) is 0 Å². The maximum absolute atomic E-state index is 5.28. The molecule has 0 radical (unpaired) electrons. The van der Waals surface area contributed by atoms with Crippen LogP contribution >= 0.6 is 0 Å². The van der Waals surface area contributed by atoms with Gasteiger partial charge in [0.1, 0.15) is 0 Å². The Bertz CT molecular complexity index is 410. The Morgan fingerprint density at radius 3 is 2.57 bits per heavy atom. The summed E-state index contributed by atoms with van der Waals surface area (Å²) in [5, 5.41) is 3.38. The zero-order valence-corrected chi connectivity index (χ0v) is 14.1. The topological polar surface area (TPSA) is 33.7 Å². The molecule has 0 aliphatic heterocycles. The molecule has 0 aliphatic carbocycles. The normalized spacial score (nSPS) is 12.4. The number of ether oxygens (including phenoxy) is 2. The maximum Gasteiger partial charge on any atom is 0.0663 e. The van der Waals surface area contributed by atoms with Gasteiger partial charge < -0.3 is 19.7 Å². The molecule has 0 saturated carbocycles. The molecule has 0 fully saturated rings. The lowest BCUT2D eigenvalue weighted by Gasteiger charge is -2.31. The molecule has 0 amide bonds. The summed E-state index contributed by atoms with van der Waals surface area (Å²) in [4.78, 5) is 2.39. The third-order valence-corrected chi connectivity index (χ3v) is 3.66. The molecule has 1 atom stereocenters. The molecule has 0 aliphatic rings. The molecule has 1 aromatic carbocycles. The summed E-state index contributed by atoms with van der Waals surface area (Å²) < 4.78 is 10.3. The van der Waals surface area contributed by atoms with E-state index in [9.17, 15) is 0 Å². The fraction of sp³-hybridized carbons (Fsp3) is 0.647. The van der Waals surface area contributed by atoms with Gasteiger partial charge in [-0.2, -0.15) is 0 Å². The zero-order valence-electron chi connectivity index (χ0n) is 14.1. The first kappa shape index (κ1) is 18.0. The summed E-state index contributed by atoms with van der Waals surface area (Å²) in [5.41, 5.74) is 3.91. The predicted octanol–water partition coefficient (Wildman–Crippen LogP) is 2.59. The number of anilines is 1. The highest BCUT2D eigenvalue weighted by Crippen LogP contribution is 2.23. The van der Waals surface area contributed by atoms with Crippen molar-refractivity contribution in [3.8, 4) is 0 Å². The van der Waals surface area contributed by atoms with Gasteiger partial charge in [-0.1, -0.05) is 12.1 Å². The molecular formula is C17H30N2O2. The SMILES string of the molecule is CCN(c1ccc(CNCCOC)cc1C)C(C)COC. The maximum atomic E-state index is 5.28. The van der Waals surface area contributed by atoms with Gasteiger partial charge in [0.2, 0.25) is 0 Å². The Morgan fingerprint density at radius 2 is 2.00 bits per heavy atom. The van der Waals surface area contributed by atoms with E-state index in [4.69, 9.17) is 9.47 Å². The van der Waals surface area contributed by atoms with Crippen molar-refractivity contribution in [2.24, 2.45) is 0 Å². The summed E-state index contributed by atoms with van der Waals surface area (Å²) in [6.07, 6.45) is 0. The van der Waals surface area contributed by atoms with Crippen molar-refractivity contribution < 1.29 is 9.47 Å². The molecule has 1 unspecified atom stereocenters. The highest BCUT2D eigenvalue weighted by Gasteiger charge is 2.14. The molecule has 1 N–H and O–H groups in total. The van der Waals surface area contributed by atoms with E-state index in [-0.39, 0.29) is 0 Å². The van der Waals surface area contributed by atoms with Gasteiger partial charge >= 0.3 is 0 Å². The van der Waals surface area contributed by atoms with Gasteiger partial charge in [0.15, 0.2) is 0 Å². The highest BCUT2D eigenvalue weighted by molar-refractivity contribution is 5.55. The second-order valence-corrected chi connectivity index (χ2v) is 5.38. The summed E-state index contributed by atoms with van der Waals surface area (Å²) >= 11 is 0. The number of aryl methyl sites for hydroxylation is 1. The van der Waals surface area contributed by atoms with Crippen LogP contribution < -0.4 is 10.2 Å². The van der Waals surface area contributed by atoms with Crippen LogP contribution in [0.15, 0.2) is 18.2 Å². The first-order valence-corrected chi connectivity index (χ1v) is 7.68. The molecule has 0 saturated heterocycles. The number of hydrogen-bond acceptors (Lipinski definition) is 4. The molecule has 4 heteroatoms. The smallest absolute Gasteiger partial charge is 0.0663 e. The van der Waals surface area contributed by atoms with Crippen molar-refractivity contribution in [3.05, 3.63) is 29.3 Å². The van der Waals surface area contributed by atoms with Gasteiger partial charge in [-0.05, 0) is 38.0 Å². The predicted molar refractivity (Wildman–Crippen MR) is 89.1 cm³/mol. The fourth-order valence-electron chi connectivity index (χ4n) is 2.61. The van der Waals surface area contributed by atoms with Crippen LogP contribution in [0.3, 0.4) is 0 Å². The van der Waals surface area contributed by atoms with E-state index < -0.39 is 0 Å². The number of benzene rings is 1. The monoisotopic (exact) mass is 294 g/mol. The van der Waals surface area contributed by atoms with E-state index >= 15 is 0 Å². The first-order valence-electron chi connectivity index (χ1n) is 7.68. The Balaban J connectivity index is 2.71. The molecular weight excluding hydrogens is 264 g/mol. The number of rotatable bonds is 10. The summed E-state index contributed by atoms with van der Waals surface area (Å²) in [7, 11) is 3.48. The van der Waals surface area contributed by atoms with Crippen LogP contribution in [0.4, 0.5) is 5.69 Å². The standard InChI is InChI=1S/C17H30N2O2/c1-6-19(15(3)13-21-5)17-8-7-16(11-14(17)2)12-18-9-10-20-4/h7-8,11,15,18H,6,9-10,12-13H2,1-5H3. The van der Waals surface area contributed by atoms with Gasteiger partial charge in [0.25, 0.3) is 0 Å². The van der Waals surface area contributed by atoms with Crippen LogP contribution in [-0.4, -0.2) is 46.6 Å². The van der Waals surface area contributed by atoms with Gasteiger partial charge in [0, 0.05) is 45.6 Å². The Labute approximate surface area is 129 Å². The number of methoxy groups -OCH3 is 2. The van der Waals surface area contributed by atoms with Crippen LogP contribution in [0.5, 0.6) is 0 Å². The van der Waals surface area contributed by atoms with Crippen LogP contribution in [0.2, 0.25) is 0 Å². The third-order valence-electron chi connectivity index (χ3n) is 3.66. The highest BCUT2D eigenvalue weighted by atomic mass is 16.5.